The Balaban J connectivity index is 2.32. The molecule has 1 N–H and O–H groups in total. The topological polar surface area (TPSA) is 50.7 Å². The van der Waals surface area contributed by atoms with E-state index < -0.39 is 0 Å². The fourth-order valence-electron chi connectivity index (χ4n) is 1.19. The Hall–Kier alpha value is -1.27. The molecule has 0 aliphatic carbocycles. The first-order chi connectivity index (χ1) is 7.15. The summed E-state index contributed by atoms with van der Waals surface area (Å²) in [7, 11) is 0. The van der Waals surface area contributed by atoms with E-state index in [0.29, 0.717) is 11.3 Å². The Morgan fingerprint density at radius 2 is 2.47 bits per heavy atom. The van der Waals surface area contributed by atoms with E-state index in [1.165, 1.54) is 10.9 Å². The lowest BCUT2D eigenvalue weighted by Crippen LogP contribution is -2.11. The zero-order valence-electron chi connectivity index (χ0n) is 8.06. The third-order valence-corrected chi connectivity index (χ3v) is 3.11. The van der Waals surface area contributed by atoms with Gasteiger partial charge >= 0.3 is 0 Å². The van der Waals surface area contributed by atoms with E-state index in [-0.39, 0.29) is 5.56 Å². The predicted molar refractivity (Wildman–Crippen MR) is 61.8 cm³/mol. The number of nitrogens with zero attached hydrogens (tertiary/aromatic N) is 2. The highest BCUT2D eigenvalue weighted by Gasteiger charge is 2.00. The molecule has 0 fully saturated rings. The monoisotopic (exact) mass is 239 g/mol. The van der Waals surface area contributed by atoms with Crippen molar-refractivity contribution in [3.05, 3.63) is 43.5 Å². The molecule has 0 saturated heterocycles. The van der Waals surface area contributed by atoms with Crippen LogP contribution in [0.4, 0.5) is 0 Å². The van der Waals surface area contributed by atoms with Crippen LogP contribution in [-0.4, -0.2) is 14.5 Å². The number of nitrogens with one attached hydrogen (secondary N) is 1. The van der Waals surface area contributed by atoms with Gasteiger partial charge in [0, 0.05) is 23.3 Å². The van der Waals surface area contributed by atoms with Gasteiger partial charge in [-0.2, -0.15) is 0 Å². The van der Waals surface area contributed by atoms with Gasteiger partial charge in [-0.05, 0) is 19.1 Å². The second-order valence-corrected chi connectivity index (χ2v) is 4.81. The van der Waals surface area contributed by atoms with Gasteiger partial charge in [-0.25, -0.2) is 4.98 Å². The maximum absolute atomic E-state index is 11.0. The lowest BCUT2D eigenvalue weighted by atomic mass is 10.6. The molecule has 2 heterocycles. The van der Waals surface area contributed by atoms with Crippen LogP contribution in [0.1, 0.15) is 9.88 Å². The highest BCUT2D eigenvalue weighted by atomic mass is 32.1. The average molecular weight is 239 g/mol. The summed E-state index contributed by atoms with van der Waals surface area (Å²) in [5.41, 5.74) is -0.174. The Bertz CT molecular complexity index is 581. The summed E-state index contributed by atoms with van der Waals surface area (Å²) in [5.74, 6) is 0. The van der Waals surface area contributed by atoms with Crippen LogP contribution in [0.15, 0.2) is 23.3 Å². The fourth-order valence-corrected chi connectivity index (χ4v) is 2.20. The molecule has 2 aromatic heterocycles. The Kier molecular flexibility index (Phi) is 2.79. The van der Waals surface area contributed by atoms with Gasteiger partial charge < -0.3 is 4.57 Å². The Morgan fingerprint density at radius 3 is 3.07 bits per heavy atom. The second kappa shape index (κ2) is 4.08. The van der Waals surface area contributed by atoms with Crippen molar-refractivity contribution in [2.75, 3.05) is 0 Å². The molecule has 6 heteroatoms. The van der Waals surface area contributed by atoms with E-state index in [1.54, 1.807) is 22.1 Å². The molecule has 0 amide bonds. The van der Waals surface area contributed by atoms with E-state index in [0.717, 1.165) is 5.01 Å². The quantitative estimate of drug-likeness (QED) is 0.812. The van der Waals surface area contributed by atoms with Crippen LogP contribution in [0.2, 0.25) is 0 Å². The zero-order chi connectivity index (χ0) is 10.8. The molecule has 4 nitrogen and oxygen atoms in total. The van der Waals surface area contributed by atoms with Gasteiger partial charge in [-0.1, -0.05) is 0 Å². The van der Waals surface area contributed by atoms with Crippen molar-refractivity contribution in [1.29, 1.82) is 0 Å². The van der Waals surface area contributed by atoms with E-state index >= 15 is 0 Å². The molecule has 78 valence electrons. The molecule has 0 aliphatic heterocycles. The molecular formula is C9H9N3OS2. The minimum absolute atomic E-state index is 0.174. The Labute approximate surface area is 95.2 Å². The summed E-state index contributed by atoms with van der Waals surface area (Å²) >= 11 is 6.65. The van der Waals surface area contributed by atoms with Gasteiger partial charge in [-0.15, -0.1) is 11.3 Å². The van der Waals surface area contributed by atoms with Crippen molar-refractivity contribution in [3.63, 3.8) is 0 Å². The highest BCUT2D eigenvalue weighted by molar-refractivity contribution is 7.71. The summed E-state index contributed by atoms with van der Waals surface area (Å²) in [6, 6.07) is 1.45. The van der Waals surface area contributed by atoms with Crippen LogP contribution in [0, 0.1) is 11.7 Å². The summed E-state index contributed by atoms with van der Waals surface area (Å²) < 4.78 is 2.21. The van der Waals surface area contributed by atoms with Crippen molar-refractivity contribution >= 4 is 23.6 Å². The van der Waals surface area contributed by atoms with Crippen LogP contribution < -0.4 is 5.56 Å². The third-order valence-electron chi connectivity index (χ3n) is 1.87. The molecule has 0 bridgehead atoms. The first kappa shape index (κ1) is 10.3. The Morgan fingerprint density at radius 1 is 1.67 bits per heavy atom. The van der Waals surface area contributed by atoms with Crippen LogP contribution in [0.3, 0.4) is 0 Å². The molecule has 0 aliphatic rings. The van der Waals surface area contributed by atoms with Crippen LogP contribution >= 0.6 is 23.6 Å². The molecule has 0 radical (unpaired) electrons. The zero-order valence-corrected chi connectivity index (χ0v) is 9.69. The highest BCUT2D eigenvalue weighted by Crippen LogP contribution is 2.12. The summed E-state index contributed by atoms with van der Waals surface area (Å²) in [5, 5.41) is 0.982. The van der Waals surface area contributed by atoms with E-state index in [4.69, 9.17) is 12.2 Å². The molecular weight excluding hydrogens is 230 g/mol. The average Bonchev–Trinajstić information content (AvgIpc) is 2.56. The van der Waals surface area contributed by atoms with Crippen LogP contribution in [0.5, 0.6) is 0 Å². The van der Waals surface area contributed by atoms with Crippen molar-refractivity contribution < 1.29 is 0 Å². The van der Waals surface area contributed by atoms with Gasteiger partial charge in [0.25, 0.3) is 5.56 Å². The summed E-state index contributed by atoms with van der Waals surface area (Å²) in [6.07, 6.45) is 3.51. The van der Waals surface area contributed by atoms with Gasteiger partial charge in [0.1, 0.15) is 5.01 Å². The molecule has 2 rings (SSSR count). The number of H-pyrrole nitrogens is 1. The van der Waals surface area contributed by atoms with Crippen molar-refractivity contribution in [2.24, 2.45) is 0 Å². The number of hydrogen-bond acceptors (Lipinski definition) is 4. The predicted octanol–water partition coefficient (Wildman–Crippen LogP) is 1.72. The SMILES string of the molecule is Cc1cnc(Cn2ccc(=O)[nH]c2=S)s1. The van der Waals surface area contributed by atoms with Gasteiger partial charge in [0.2, 0.25) is 0 Å². The summed E-state index contributed by atoms with van der Waals surface area (Å²) in [6.45, 7) is 2.61. The number of rotatable bonds is 2. The third kappa shape index (κ3) is 2.40. The molecule has 2 aromatic rings. The molecule has 0 saturated carbocycles. The minimum atomic E-state index is -0.174. The first-order valence-electron chi connectivity index (χ1n) is 4.36. The molecule has 0 unspecified atom stereocenters. The maximum atomic E-state index is 11.0. The van der Waals surface area contributed by atoms with Crippen LogP contribution in [-0.2, 0) is 6.54 Å². The fraction of sp³-hybridized carbons (Fsp3) is 0.222. The van der Waals surface area contributed by atoms with Crippen molar-refractivity contribution in [3.8, 4) is 0 Å². The summed E-state index contributed by atoms with van der Waals surface area (Å²) in [4.78, 5) is 18.9. The van der Waals surface area contributed by atoms with E-state index in [2.05, 4.69) is 9.97 Å². The first-order valence-corrected chi connectivity index (χ1v) is 5.59. The largest absolute Gasteiger partial charge is 0.318 e. The second-order valence-electron chi connectivity index (χ2n) is 3.10. The van der Waals surface area contributed by atoms with Crippen molar-refractivity contribution in [2.45, 2.75) is 13.5 Å². The van der Waals surface area contributed by atoms with E-state index in [9.17, 15) is 4.79 Å². The number of aryl methyl sites for hydroxylation is 1. The minimum Gasteiger partial charge on any atom is -0.318 e. The lowest BCUT2D eigenvalue weighted by molar-refractivity contribution is 0.740. The molecule has 0 aromatic carbocycles. The normalized spacial score (nSPS) is 10.5. The number of thiazole rings is 1. The smallest absolute Gasteiger partial charge is 0.251 e. The standard InChI is InChI=1S/C9H9N3OS2/c1-6-4-10-8(15-6)5-12-3-2-7(13)11-9(12)14/h2-4H,5H2,1H3,(H,11,13,14). The van der Waals surface area contributed by atoms with E-state index in [1.807, 2.05) is 13.1 Å². The van der Waals surface area contributed by atoms with Gasteiger partial charge in [-0.3, -0.25) is 9.78 Å². The number of aromatic nitrogens is 3. The van der Waals surface area contributed by atoms with Crippen molar-refractivity contribution in [1.82, 2.24) is 14.5 Å². The molecule has 0 atom stereocenters. The number of hydrogen-bond donors (Lipinski definition) is 1. The van der Waals surface area contributed by atoms with Gasteiger partial charge in [0.05, 0.1) is 6.54 Å². The lowest BCUT2D eigenvalue weighted by Gasteiger charge is -2.02. The molecule has 15 heavy (non-hydrogen) atoms. The van der Waals surface area contributed by atoms with Gasteiger partial charge in [0.15, 0.2) is 4.77 Å². The maximum Gasteiger partial charge on any atom is 0.251 e. The van der Waals surface area contributed by atoms with Crippen LogP contribution in [0.25, 0.3) is 0 Å². The number of aromatic amines is 1. The molecule has 0 spiro atoms.